The Morgan fingerprint density at radius 2 is 2.05 bits per heavy atom. The van der Waals surface area contributed by atoms with Gasteiger partial charge in [0.1, 0.15) is 0 Å². The van der Waals surface area contributed by atoms with E-state index in [4.69, 9.17) is 5.73 Å². The number of nitrogens with one attached hydrogen (secondary N) is 1. The number of hydrogen-bond acceptors (Lipinski definition) is 3. The number of nitrogen functional groups attached to an aromatic ring is 1. The highest BCUT2D eigenvalue weighted by molar-refractivity contribution is 7.89. The molecule has 1 saturated carbocycles. The van der Waals surface area contributed by atoms with Crippen molar-refractivity contribution < 1.29 is 8.42 Å². The van der Waals surface area contributed by atoms with Gasteiger partial charge in [-0.1, -0.05) is 19.4 Å². The van der Waals surface area contributed by atoms with Crippen molar-refractivity contribution in [2.24, 2.45) is 5.41 Å². The molecule has 0 saturated heterocycles. The van der Waals surface area contributed by atoms with Crippen molar-refractivity contribution in [2.75, 3.05) is 12.3 Å². The van der Waals surface area contributed by atoms with Crippen molar-refractivity contribution in [1.82, 2.24) is 4.72 Å². The van der Waals surface area contributed by atoms with Crippen LogP contribution in [-0.4, -0.2) is 15.0 Å². The van der Waals surface area contributed by atoms with Gasteiger partial charge >= 0.3 is 0 Å². The summed E-state index contributed by atoms with van der Waals surface area (Å²) in [6, 6.07) is 4.98. The van der Waals surface area contributed by atoms with Gasteiger partial charge in [-0.05, 0) is 49.3 Å². The highest BCUT2D eigenvalue weighted by Crippen LogP contribution is 2.43. The molecule has 106 valence electrons. The maximum absolute atomic E-state index is 12.3. The molecule has 2 rings (SSSR count). The second kappa shape index (κ2) is 5.13. The Morgan fingerprint density at radius 3 is 2.58 bits per heavy atom. The molecule has 3 N–H and O–H groups in total. The molecule has 1 aromatic rings. The average Bonchev–Trinajstić information content (AvgIpc) is 2.31. The predicted molar refractivity (Wildman–Crippen MR) is 77.4 cm³/mol. The molecule has 5 heteroatoms. The van der Waals surface area contributed by atoms with Gasteiger partial charge in [-0.2, -0.15) is 0 Å². The number of aryl methyl sites for hydroxylation is 1. The lowest BCUT2D eigenvalue weighted by atomic mass is 9.67. The Morgan fingerprint density at radius 1 is 1.37 bits per heavy atom. The Kier molecular flexibility index (Phi) is 3.87. The van der Waals surface area contributed by atoms with Gasteiger partial charge in [0.15, 0.2) is 0 Å². The molecule has 4 nitrogen and oxygen atoms in total. The molecule has 0 unspecified atom stereocenters. The first-order valence-corrected chi connectivity index (χ1v) is 8.23. The highest BCUT2D eigenvalue weighted by Gasteiger charge is 2.36. The average molecular weight is 282 g/mol. The molecule has 0 aliphatic heterocycles. The van der Waals surface area contributed by atoms with E-state index in [-0.39, 0.29) is 10.3 Å². The van der Waals surface area contributed by atoms with Crippen LogP contribution in [-0.2, 0) is 10.0 Å². The van der Waals surface area contributed by atoms with Gasteiger partial charge in [0, 0.05) is 12.2 Å². The van der Waals surface area contributed by atoms with E-state index in [2.05, 4.69) is 11.6 Å². The summed E-state index contributed by atoms with van der Waals surface area (Å²) in [5.74, 6) is 0. The van der Waals surface area contributed by atoms with Crippen LogP contribution in [0.5, 0.6) is 0 Å². The van der Waals surface area contributed by atoms with Crippen LogP contribution >= 0.6 is 0 Å². The summed E-state index contributed by atoms with van der Waals surface area (Å²) >= 11 is 0. The summed E-state index contributed by atoms with van der Waals surface area (Å²) in [6.07, 6.45) is 4.45. The molecular formula is C14H22N2O2S. The monoisotopic (exact) mass is 282 g/mol. The third-order valence-corrected chi connectivity index (χ3v) is 5.85. The zero-order chi connectivity index (χ0) is 14.1. The fourth-order valence-corrected chi connectivity index (χ4v) is 4.00. The molecule has 19 heavy (non-hydrogen) atoms. The summed E-state index contributed by atoms with van der Waals surface area (Å²) in [5, 5.41) is 0. The van der Waals surface area contributed by atoms with E-state index in [0.717, 1.165) is 24.8 Å². The van der Waals surface area contributed by atoms with E-state index in [9.17, 15) is 8.42 Å². The van der Waals surface area contributed by atoms with E-state index in [1.807, 2.05) is 0 Å². The van der Waals surface area contributed by atoms with Crippen LogP contribution in [0.2, 0.25) is 0 Å². The largest absolute Gasteiger partial charge is 0.399 e. The topological polar surface area (TPSA) is 72.2 Å². The molecule has 0 heterocycles. The highest BCUT2D eigenvalue weighted by atomic mass is 32.2. The van der Waals surface area contributed by atoms with Crippen molar-refractivity contribution >= 4 is 15.7 Å². The third kappa shape index (κ3) is 2.92. The maximum Gasteiger partial charge on any atom is 0.240 e. The molecule has 1 aromatic carbocycles. The van der Waals surface area contributed by atoms with Crippen LogP contribution in [0, 0.1) is 12.3 Å². The molecule has 0 spiro atoms. The molecule has 0 atom stereocenters. The van der Waals surface area contributed by atoms with E-state index in [1.165, 1.54) is 12.5 Å². The maximum atomic E-state index is 12.3. The predicted octanol–water partition coefficient (Wildman–Crippen LogP) is 2.44. The Hall–Kier alpha value is -1.07. The lowest BCUT2D eigenvalue weighted by Gasteiger charge is -2.41. The van der Waals surface area contributed by atoms with Crippen LogP contribution < -0.4 is 10.5 Å². The summed E-state index contributed by atoms with van der Waals surface area (Å²) in [5.41, 5.74) is 7.04. The SMILES string of the molecule is CCC1(CNS(=O)(=O)c2cc(N)ccc2C)CCC1. The fraction of sp³-hybridized carbons (Fsp3) is 0.571. The Labute approximate surface area is 115 Å². The van der Waals surface area contributed by atoms with Gasteiger partial charge in [-0.3, -0.25) is 0 Å². The van der Waals surface area contributed by atoms with E-state index < -0.39 is 10.0 Å². The third-order valence-electron chi connectivity index (χ3n) is 4.30. The smallest absolute Gasteiger partial charge is 0.240 e. The lowest BCUT2D eigenvalue weighted by molar-refractivity contribution is 0.133. The standard InChI is InChI=1S/C14H22N2O2S/c1-3-14(7-4-8-14)10-16-19(17,18)13-9-12(15)6-5-11(13)2/h5-6,9,16H,3-4,7-8,10,15H2,1-2H3. The van der Waals surface area contributed by atoms with E-state index >= 15 is 0 Å². The Bertz CT molecular complexity index is 557. The minimum atomic E-state index is -3.46. The van der Waals surface area contributed by atoms with Gasteiger partial charge in [0.05, 0.1) is 4.90 Å². The lowest BCUT2D eigenvalue weighted by Crippen LogP contribution is -2.41. The van der Waals surface area contributed by atoms with Gasteiger partial charge < -0.3 is 5.73 Å². The van der Waals surface area contributed by atoms with Crippen molar-refractivity contribution in [2.45, 2.75) is 44.4 Å². The van der Waals surface area contributed by atoms with Crippen LogP contribution in [0.3, 0.4) is 0 Å². The number of benzene rings is 1. The number of nitrogens with two attached hydrogens (primary N) is 1. The summed E-state index contributed by atoms with van der Waals surface area (Å²) in [4.78, 5) is 0.290. The first kappa shape index (κ1) is 14.3. The zero-order valence-corrected chi connectivity index (χ0v) is 12.4. The molecule has 1 fully saturated rings. The first-order chi connectivity index (χ1) is 8.88. The molecule has 0 bridgehead atoms. The molecule has 1 aliphatic rings. The minimum absolute atomic E-state index is 0.168. The van der Waals surface area contributed by atoms with Gasteiger partial charge in [0.2, 0.25) is 10.0 Å². The first-order valence-electron chi connectivity index (χ1n) is 6.74. The van der Waals surface area contributed by atoms with Crippen molar-refractivity contribution in [3.05, 3.63) is 23.8 Å². The second-order valence-electron chi connectivity index (χ2n) is 5.56. The number of rotatable bonds is 5. The molecular weight excluding hydrogens is 260 g/mol. The van der Waals surface area contributed by atoms with Gasteiger partial charge in [-0.15, -0.1) is 0 Å². The quantitative estimate of drug-likeness (QED) is 0.815. The number of anilines is 1. The van der Waals surface area contributed by atoms with Crippen molar-refractivity contribution in [1.29, 1.82) is 0 Å². The van der Waals surface area contributed by atoms with E-state index in [1.54, 1.807) is 19.1 Å². The summed E-state index contributed by atoms with van der Waals surface area (Å²) < 4.78 is 27.4. The second-order valence-corrected chi connectivity index (χ2v) is 7.29. The van der Waals surface area contributed by atoms with Crippen LogP contribution in [0.4, 0.5) is 5.69 Å². The van der Waals surface area contributed by atoms with Crippen molar-refractivity contribution in [3.8, 4) is 0 Å². The zero-order valence-electron chi connectivity index (χ0n) is 11.6. The fourth-order valence-electron chi connectivity index (χ4n) is 2.56. The Balaban J connectivity index is 2.16. The van der Waals surface area contributed by atoms with Crippen LogP contribution in [0.15, 0.2) is 23.1 Å². The van der Waals surface area contributed by atoms with Crippen LogP contribution in [0.25, 0.3) is 0 Å². The minimum Gasteiger partial charge on any atom is -0.399 e. The summed E-state index contributed by atoms with van der Waals surface area (Å²) in [6.45, 7) is 4.44. The number of sulfonamides is 1. The van der Waals surface area contributed by atoms with Crippen LogP contribution in [0.1, 0.15) is 38.2 Å². The molecule has 0 aromatic heterocycles. The van der Waals surface area contributed by atoms with Crippen molar-refractivity contribution in [3.63, 3.8) is 0 Å². The van der Waals surface area contributed by atoms with E-state index in [0.29, 0.717) is 12.2 Å². The normalized spacial score (nSPS) is 18.0. The molecule has 0 radical (unpaired) electrons. The van der Waals surface area contributed by atoms with Gasteiger partial charge in [-0.25, -0.2) is 13.1 Å². The molecule has 0 amide bonds. The molecule has 1 aliphatic carbocycles. The summed E-state index contributed by atoms with van der Waals surface area (Å²) in [7, 11) is -3.46. The number of hydrogen-bond donors (Lipinski definition) is 2. The van der Waals surface area contributed by atoms with Gasteiger partial charge in [0.25, 0.3) is 0 Å².